The highest BCUT2D eigenvalue weighted by Crippen LogP contribution is 2.48. The predicted octanol–water partition coefficient (Wildman–Crippen LogP) is 5.45. The minimum absolute atomic E-state index is 0.0346. The summed E-state index contributed by atoms with van der Waals surface area (Å²) >= 11 is 0. The summed E-state index contributed by atoms with van der Waals surface area (Å²) in [5, 5.41) is 6.57. The van der Waals surface area contributed by atoms with Crippen LogP contribution in [-0.4, -0.2) is 95.0 Å². The summed E-state index contributed by atoms with van der Waals surface area (Å²) in [6.07, 6.45) is 2.24. The summed E-state index contributed by atoms with van der Waals surface area (Å²) in [5.41, 5.74) is -4.52. The molecular formula is C41H52F3N5O9S. The third-order valence-electron chi connectivity index (χ3n) is 12.4. The second-order valence-corrected chi connectivity index (χ2v) is 20.0. The Kier molecular flexibility index (Phi) is 11.1. The van der Waals surface area contributed by atoms with E-state index in [0.29, 0.717) is 57.1 Å². The van der Waals surface area contributed by atoms with E-state index in [9.17, 15) is 40.8 Å². The lowest BCUT2D eigenvalue weighted by Gasteiger charge is -2.34. The monoisotopic (exact) mass is 847 g/mol. The molecule has 7 rings (SSSR count). The zero-order chi connectivity index (χ0) is 42.7. The van der Waals surface area contributed by atoms with Crippen LogP contribution in [0.25, 0.3) is 10.8 Å². The molecule has 1 aromatic carbocycles. The second-order valence-electron chi connectivity index (χ2n) is 17.8. The highest BCUT2D eigenvalue weighted by Gasteiger charge is 2.63. The Morgan fingerprint density at radius 3 is 2.36 bits per heavy atom. The first-order valence-corrected chi connectivity index (χ1v) is 21.7. The first-order valence-electron chi connectivity index (χ1n) is 20.3. The van der Waals surface area contributed by atoms with Gasteiger partial charge in [-0.1, -0.05) is 44.2 Å². The van der Waals surface area contributed by atoms with Crippen molar-refractivity contribution in [3.63, 3.8) is 0 Å². The molecule has 2 aliphatic heterocycles. The number of carbonyl (C=O) groups excluding carboxylic acids is 4. The lowest BCUT2D eigenvalue weighted by molar-refractivity contribution is -0.244. The number of benzene rings is 1. The van der Waals surface area contributed by atoms with Gasteiger partial charge < -0.3 is 29.7 Å². The average Bonchev–Trinajstić information content (AvgIpc) is 4.11. The fourth-order valence-corrected chi connectivity index (χ4v) is 9.21. The van der Waals surface area contributed by atoms with Crippen LogP contribution in [0, 0.1) is 17.8 Å². The number of alkyl halides is 3. The number of ether oxygens (including phenoxy) is 3. The van der Waals surface area contributed by atoms with Crippen LogP contribution in [0.1, 0.15) is 92.4 Å². The number of carbonyl (C=O) groups is 4. The second kappa shape index (κ2) is 15.4. The number of rotatable bonds is 9. The minimum atomic E-state index is -4.91. The average molecular weight is 848 g/mol. The molecule has 18 heteroatoms. The van der Waals surface area contributed by atoms with E-state index in [1.807, 2.05) is 25.1 Å². The fourth-order valence-electron chi connectivity index (χ4n) is 7.89. The SMILES string of the molecule is C[C@@H]1CCC=C[C@@H]2C[C@@]2(C(=O)NS(=O)(=O)C2(C)CC2)NC(=O)[C@@H]2C[C@@H](Oc3ncc(OC4CC4)c4ccccc34)CN2C(=O)[C@@H](NC(=O)OC(C)(C)C(F)(F)F)[C@H](C)C1. The number of hydrogen-bond donors (Lipinski definition) is 3. The van der Waals surface area contributed by atoms with E-state index in [1.165, 1.54) is 4.90 Å². The lowest BCUT2D eigenvalue weighted by Crippen LogP contribution is -2.59. The number of nitrogens with one attached hydrogen (secondary N) is 3. The van der Waals surface area contributed by atoms with E-state index >= 15 is 0 Å². The van der Waals surface area contributed by atoms with Crippen molar-refractivity contribution in [2.45, 2.75) is 139 Å². The Hall–Kier alpha value is -4.61. The van der Waals surface area contributed by atoms with Crippen molar-refractivity contribution in [1.29, 1.82) is 0 Å². The highest BCUT2D eigenvalue weighted by atomic mass is 32.2. The first-order chi connectivity index (χ1) is 27.6. The molecule has 1 saturated heterocycles. The van der Waals surface area contributed by atoms with Gasteiger partial charge in [-0.2, -0.15) is 13.2 Å². The van der Waals surface area contributed by atoms with Crippen LogP contribution in [0.2, 0.25) is 0 Å². The quantitative estimate of drug-likeness (QED) is 0.275. The summed E-state index contributed by atoms with van der Waals surface area (Å²) in [5.74, 6) is -2.86. The lowest BCUT2D eigenvalue weighted by atomic mass is 9.88. The van der Waals surface area contributed by atoms with E-state index in [1.54, 1.807) is 38.3 Å². The number of nitrogens with zero attached hydrogens (tertiary/aromatic N) is 2. The third-order valence-corrected chi connectivity index (χ3v) is 14.5. The van der Waals surface area contributed by atoms with Crippen molar-refractivity contribution in [2.75, 3.05) is 6.54 Å². The van der Waals surface area contributed by atoms with Gasteiger partial charge in [-0.3, -0.25) is 19.1 Å². The van der Waals surface area contributed by atoms with Crippen LogP contribution < -0.4 is 24.8 Å². The van der Waals surface area contributed by atoms with Crippen LogP contribution in [0.5, 0.6) is 11.6 Å². The number of amides is 4. The molecule has 3 heterocycles. The van der Waals surface area contributed by atoms with Gasteiger partial charge in [0.2, 0.25) is 33.3 Å². The van der Waals surface area contributed by atoms with Crippen molar-refractivity contribution in [3.05, 3.63) is 42.6 Å². The topological polar surface area (TPSA) is 182 Å². The molecule has 0 spiro atoms. The molecule has 3 aliphatic carbocycles. The first kappa shape index (κ1) is 42.5. The molecule has 3 N–H and O–H groups in total. The van der Waals surface area contributed by atoms with Crippen molar-refractivity contribution in [2.24, 2.45) is 17.8 Å². The van der Waals surface area contributed by atoms with Crippen molar-refractivity contribution in [1.82, 2.24) is 25.2 Å². The molecule has 1 aromatic heterocycles. The Bertz CT molecular complexity index is 2140. The number of halogens is 3. The largest absolute Gasteiger partial charge is 0.488 e. The zero-order valence-electron chi connectivity index (χ0n) is 33.8. The van der Waals surface area contributed by atoms with Crippen molar-refractivity contribution < 1.29 is 55.0 Å². The van der Waals surface area contributed by atoms with Gasteiger partial charge >= 0.3 is 12.3 Å². The summed E-state index contributed by atoms with van der Waals surface area (Å²) in [4.78, 5) is 62.2. The van der Waals surface area contributed by atoms with Crippen LogP contribution in [-0.2, 0) is 29.1 Å². The van der Waals surface area contributed by atoms with Gasteiger partial charge in [0.25, 0.3) is 5.91 Å². The zero-order valence-corrected chi connectivity index (χ0v) is 34.6. The standard InChI is InChI=1S/C41H52F3N5O9S/c1-23-10-6-7-11-25-20-40(25,36(52)48-59(54,55)39(5)16-17-39)47-33(50)30-19-27(57-34-29-13-9-8-12-28(29)31(21-45-34)56-26-14-15-26)22-49(30)35(51)32(24(2)18-23)46-37(53)58-38(3,4)41(42,43)44/h7-9,11-13,21,23-27,30,32H,6,10,14-20,22H2,1-5H3,(H,46,53)(H,47,50)(H,48,52)/t23-,24-,25-,27-,30+,32+,40-/m1/s1. The number of alkyl carbamates (subject to hydrolysis) is 1. The van der Waals surface area contributed by atoms with Gasteiger partial charge in [0.05, 0.1) is 23.6 Å². The number of hydrogen-bond acceptors (Lipinski definition) is 10. The van der Waals surface area contributed by atoms with E-state index in [2.05, 4.69) is 20.3 Å². The maximum absolute atomic E-state index is 14.8. The van der Waals surface area contributed by atoms with E-state index in [0.717, 1.165) is 18.2 Å². The normalized spacial score (nSPS) is 29.9. The molecule has 59 heavy (non-hydrogen) atoms. The molecule has 14 nitrogen and oxygen atoms in total. The molecule has 5 aliphatic rings. The smallest absolute Gasteiger partial charge is 0.427 e. The van der Waals surface area contributed by atoms with Crippen LogP contribution in [0.3, 0.4) is 0 Å². The Morgan fingerprint density at radius 1 is 1.00 bits per heavy atom. The van der Waals surface area contributed by atoms with E-state index in [-0.39, 0.29) is 37.3 Å². The van der Waals surface area contributed by atoms with Crippen LogP contribution in [0.4, 0.5) is 18.0 Å². The maximum atomic E-state index is 14.8. The summed E-state index contributed by atoms with van der Waals surface area (Å²) in [6.45, 7) is 6.37. The van der Waals surface area contributed by atoms with Gasteiger partial charge in [0, 0.05) is 23.1 Å². The summed E-state index contributed by atoms with van der Waals surface area (Å²) < 4.78 is 86.1. The molecule has 322 valence electrons. The molecule has 4 amide bonds. The number of sulfonamides is 1. The maximum Gasteiger partial charge on any atom is 0.427 e. The Labute approximate surface area is 341 Å². The molecule has 7 atom stereocenters. The molecule has 2 aromatic rings. The van der Waals surface area contributed by atoms with E-state index < -0.39 is 85.9 Å². The molecule has 0 radical (unpaired) electrons. The van der Waals surface area contributed by atoms with E-state index in [4.69, 9.17) is 14.2 Å². The molecule has 3 saturated carbocycles. The van der Waals surface area contributed by atoms with Gasteiger partial charge in [0.1, 0.15) is 29.5 Å². The number of fused-ring (bicyclic) bond motifs is 3. The van der Waals surface area contributed by atoms with Crippen molar-refractivity contribution >= 4 is 44.6 Å². The summed E-state index contributed by atoms with van der Waals surface area (Å²) in [6, 6.07) is 4.57. The fraction of sp³-hybridized carbons (Fsp3) is 0.634. The molecular weight excluding hydrogens is 796 g/mol. The number of pyridine rings is 1. The number of allylic oxidation sites excluding steroid dienone is 1. The highest BCUT2D eigenvalue weighted by molar-refractivity contribution is 7.91. The van der Waals surface area contributed by atoms with Gasteiger partial charge in [-0.15, -0.1) is 0 Å². The third kappa shape index (κ3) is 8.83. The molecule has 4 fully saturated rings. The van der Waals surface area contributed by atoms with Gasteiger partial charge in [0.15, 0.2) is 0 Å². The molecule has 0 bridgehead atoms. The predicted molar refractivity (Wildman–Crippen MR) is 208 cm³/mol. The number of aromatic nitrogens is 1. The van der Waals surface area contributed by atoms with Gasteiger partial charge in [-0.25, -0.2) is 18.2 Å². The molecule has 0 unspecified atom stereocenters. The van der Waals surface area contributed by atoms with Gasteiger partial charge in [-0.05, 0) is 90.0 Å². The minimum Gasteiger partial charge on any atom is -0.488 e. The van der Waals surface area contributed by atoms with Crippen molar-refractivity contribution in [3.8, 4) is 11.6 Å². The Balaban J connectivity index is 1.22. The summed E-state index contributed by atoms with van der Waals surface area (Å²) in [7, 11) is -4.08. The van der Waals surface area contributed by atoms with Crippen LogP contribution >= 0.6 is 0 Å². The Morgan fingerprint density at radius 2 is 1.69 bits per heavy atom. The van der Waals surface area contributed by atoms with Crippen LogP contribution in [0.15, 0.2) is 42.6 Å².